The molecular formula is C24H36O5. The van der Waals surface area contributed by atoms with Crippen molar-refractivity contribution in [1.29, 1.82) is 0 Å². The normalized spacial score (nSPS) is 47.0. The van der Waals surface area contributed by atoms with Crippen molar-refractivity contribution in [2.24, 2.45) is 29.6 Å². The minimum Gasteiger partial charge on any atom is -0.462 e. The lowest BCUT2D eigenvalue weighted by Gasteiger charge is -2.46. The van der Waals surface area contributed by atoms with E-state index >= 15 is 0 Å². The minimum atomic E-state index is -0.927. The van der Waals surface area contributed by atoms with E-state index in [1.54, 1.807) is 0 Å². The topological polar surface area (TPSA) is 61.8 Å². The van der Waals surface area contributed by atoms with Gasteiger partial charge in [-0.2, -0.15) is 0 Å². The van der Waals surface area contributed by atoms with Crippen LogP contribution in [0.15, 0.2) is 12.2 Å². The molecule has 9 atom stereocenters. The van der Waals surface area contributed by atoms with E-state index in [4.69, 9.17) is 14.2 Å². The molecule has 1 saturated carbocycles. The largest absolute Gasteiger partial charge is 0.462 e. The van der Waals surface area contributed by atoms with Crippen LogP contribution in [-0.4, -0.2) is 42.3 Å². The lowest BCUT2D eigenvalue weighted by molar-refractivity contribution is -0.165. The molecule has 4 fully saturated rings. The molecule has 2 bridgehead atoms. The molecule has 3 aliphatic heterocycles. The fourth-order valence-corrected chi connectivity index (χ4v) is 6.44. The van der Waals surface area contributed by atoms with Crippen LogP contribution < -0.4 is 0 Å². The predicted molar refractivity (Wildman–Crippen MR) is 109 cm³/mol. The second-order valence-electron chi connectivity index (χ2n) is 10.1. The lowest BCUT2D eigenvalue weighted by Crippen LogP contribution is -2.54. The molecule has 3 heterocycles. The molecule has 29 heavy (non-hydrogen) atoms. The number of esters is 1. The third-order valence-electron chi connectivity index (χ3n) is 8.01. The second-order valence-corrected chi connectivity index (χ2v) is 10.1. The molecule has 0 aromatic heterocycles. The fraction of sp³-hybridized carbons (Fsp3) is 0.833. The van der Waals surface area contributed by atoms with Gasteiger partial charge in [-0.3, -0.25) is 9.59 Å². The first-order valence-corrected chi connectivity index (χ1v) is 11.4. The predicted octanol–water partition coefficient (Wildman–Crippen LogP) is 4.09. The van der Waals surface area contributed by atoms with Crippen LogP contribution in [0, 0.1) is 29.6 Å². The minimum absolute atomic E-state index is 0.0682. The number of carbonyl (C=O) groups is 2. The van der Waals surface area contributed by atoms with E-state index in [9.17, 15) is 9.59 Å². The van der Waals surface area contributed by atoms with Crippen LogP contribution in [-0.2, 0) is 23.8 Å². The number of ketones is 1. The van der Waals surface area contributed by atoms with Gasteiger partial charge in [0, 0.05) is 24.7 Å². The van der Waals surface area contributed by atoms with E-state index in [1.165, 1.54) is 0 Å². The van der Waals surface area contributed by atoms with Crippen molar-refractivity contribution >= 4 is 11.8 Å². The quantitative estimate of drug-likeness (QED) is 0.524. The van der Waals surface area contributed by atoms with Crippen molar-refractivity contribution < 1.29 is 23.8 Å². The first-order chi connectivity index (χ1) is 13.8. The van der Waals surface area contributed by atoms with Gasteiger partial charge in [0.1, 0.15) is 11.7 Å². The van der Waals surface area contributed by atoms with Crippen LogP contribution in [0.25, 0.3) is 0 Å². The summed E-state index contributed by atoms with van der Waals surface area (Å²) >= 11 is 0. The maximum atomic E-state index is 13.2. The smallest absolute Gasteiger partial charge is 0.306 e. The van der Waals surface area contributed by atoms with E-state index in [2.05, 4.69) is 20.4 Å². The third-order valence-corrected chi connectivity index (χ3v) is 8.01. The summed E-state index contributed by atoms with van der Waals surface area (Å²) in [6, 6.07) is 0. The third kappa shape index (κ3) is 3.48. The molecule has 0 radical (unpaired) electrons. The molecule has 3 saturated heterocycles. The van der Waals surface area contributed by atoms with Crippen molar-refractivity contribution in [2.75, 3.05) is 6.61 Å². The van der Waals surface area contributed by atoms with Crippen molar-refractivity contribution in [3.63, 3.8) is 0 Å². The molecule has 0 N–H and O–H groups in total. The van der Waals surface area contributed by atoms with Gasteiger partial charge in [-0.05, 0) is 50.4 Å². The summed E-state index contributed by atoms with van der Waals surface area (Å²) in [5.41, 5.74) is 0.122. The Morgan fingerprint density at radius 2 is 2.00 bits per heavy atom. The van der Waals surface area contributed by atoms with Crippen molar-refractivity contribution in [2.45, 2.75) is 90.1 Å². The summed E-state index contributed by atoms with van der Waals surface area (Å²) in [7, 11) is 0. The number of hydrogen-bond donors (Lipinski definition) is 0. The Kier molecular flexibility index (Phi) is 5.67. The Labute approximate surface area is 174 Å². The average Bonchev–Trinajstić information content (AvgIpc) is 3.02. The van der Waals surface area contributed by atoms with Gasteiger partial charge in [-0.1, -0.05) is 32.9 Å². The standard InChI is InChI=1S/C24H36O5/c1-6-7-19(26)29-22-14(3)11-16-15(4)12-27-24(5)18(25)9-8-13(2)10-17-21(22)20(16)23(24)28-17/h14-17,20-23H,2,6-12H2,1,3-5H3/t14-,15+,16+,17-,20+,21+,22-,23-,24+/m1/s1. The van der Waals surface area contributed by atoms with E-state index in [-0.39, 0.29) is 47.8 Å². The Bertz CT molecular complexity index is 687. The fourth-order valence-electron chi connectivity index (χ4n) is 6.44. The molecule has 5 heteroatoms. The highest BCUT2D eigenvalue weighted by Crippen LogP contribution is 2.57. The van der Waals surface area contributed by atoms with E-state index in [0.29, 0.717) is 37.7 Å². The summed E-state index contributed by atoms with van der Waals surface area (Å²) in [4.78, 5) is 25.7. The highest BCUT2D eigenvalue weighted by molar-refractivity contribution is 5.88. The Morgan fingerprint density at radius 3 is 2.72 bits per heavy atom. The van der Waals surface area contributed by atoms with Gasteiger partial charge >= 0.3 is 5.97 Å². The van der Waals surface area contributed by atoms with Crippen LogP contribution >= 0.6 is 0 Å². The SMILES string of the molecule is C=C1CCC(=O)[C@]2(C)OC[C@H](C)[C@@H]3C[C@@H](C)[C@@H](OC(=O)CCC)[C@@H]4[C@H]3[C@H]2O[C@@H]4C1. The number of fused-ring (bicyclic) bond motifs is 2. The van der Waals surface area contributed by atoms with Gasteiger partial charge in [0.15, 0.2) is 5.78 Å². The monoisotopic (exact) mass is 404 g/mol. The molecule has 4 aliphatic rings. The Hall–Kier alpha value is -1.20. The van der Waals surface area contributed by atoms with E-state index in [0.717, 1.165) is 24.8 Å². The van der Waals surface area contributed by atoms with Crippen molar-refractivity contribution in [3.05, 3.63) is 12.2 Å². The molecule has 0 unspecified atom stereocenters. The van der Waals surface area contributed by atoms with Crippen LogP contribution in [0.4, 0.5) is 0 Å². The molecule has 0 spiro atoms. The number of ether oxygens (including phenoxy) is 3. The maximum absolute atomic E-state index is 13.2. The van der Waals surface area contributed by atoms with Crippen molar-refractivity contribution in [3.8, 4) is 0 Å². The van der Waals surface area contributed by atoms with Crippen LogP contribution in [0.1, 0.15) is 66.2 Å². The Morgan fingerprint density at radius 1 is 1.24 bits per heavy atom. The van der Waals surface area contributed by atoms with Crippen molar-refractivity contribution in [1.82, 2.24) is 0 Å². The molecule has 0 aromatic rings. The number of hydrogen-bond acceptors (Lipinski definition) is 5. The number of carbonyl (C=O) groups excluding carboxylic acids is 2. The molecule has 0 amide bonds. The van der Waals surface area contributed by atoms with Gasteiger partial charge in [0.2, 0.25) is 0 Å². The van der Waals surface area contributed by atoms with Gasteiger partial charge in [-0.25, -0.2) is 0 Å². The molecule has 5 nitrogen and oxygen atoms in total. The molecule has 162 valence electrons. The zero-order chi connectivity index (χ0) is 20.9. The summed E-state index contributed by atoms with van der Waals surface area (Å²) in [6.45, 7) is 13.2. The summed E-state index contributed by atoms with van der Waals surface area (Å²) in [5.74, 6) is 1.30. The average molecular weight is 405 g/mol. The van der Waals surface area contributed by atoms with Gasteiger partial charge in [0.25, 0.3) is 0 Å². The van der Waals surface area contributed by atoms with Gasteiger partial charge < -0.3 is 14.2 Å². The second kappa shape index (κ2) is 7.81. The number of rotatable bonds is 3. The molecule has 0 aromatic carbocycles. The summed E-state index contributed by atoms with van der Waals surface area (Å²) in [5, 5.41) is 0. The summed E-state index contributed by atoms with van der Waals surface area (Å²) < 4.78 is 19.1. The maximum Gasteiger partial charge on any atom is 0.306 e. The summed E-state index contributed by atoms with van der Waals surface area (Å²) in [6.07, 6.45) is 3.58. The van der Waals surface area contributed by atoms with Gasteiger partial charge in [-0.15, -0.1) is 0 Å². The highest BCUT2D eigenvalue weighted by Gasteiger charge is 2.64. The van der Waals surface area contributed by atoms with E-state index in [1.807, 2.05) is 13.8 Å². The molecule has 4 rings (SSSR count). The van der Waals surface area contributed by atoms with E-state index < -0.39 is 5.60 Å². The number of Topliss-reactive ketones (excluding diaryl/α,β-unsaturated/α-hetero) is 1. The molecule has 1 aliphatic carbocycles. The highest BCUT2D eigenvalue weighted by atomic mass is 16.6. The van der Waals surface area contributed by atoms with Crippen LogP contribution in [0.3, 0.4) is 0 Å². The van der Waals surface area contributed by atoms with Crippen LogP contribution in [0.2, 0.25) is 0 Å². The zero-order valence-corrected chi connectivity index (χ0v) is 18.3. The van der Waals surface area contributed by atoms with Gasteiger partial charge in [0.05, 0.1) is 18.8 Å². The first kappa shape index (κ1) is 21.0. The first-order valence-electron chi connectivity index (χ1n) is 11.4. The zero-order valence-electron chi connectivity index (χ0n) is 18.3. The lowest BCUT2D eigenvalue weighted by atomic mass is 9.59. The van der Waals surface area contributed by atoms with Crippen LogP contribution in [0.5, 0.6) is 0 Å². The molecular weight excluding hydrogens is 368 g/mol. The Balaban J connectivity index is 1.77.